The van der Waals surface area contributed by atoms with E-state index in [0.29, 0.717) is 12.2 Å². The van der Waals surface area contributed by atoms with Gasteiger partial charge in [0.1, 0.15) is 6.54 Å². The molecule has 0 bridgehead atoms. The molecule has 150 valence electrons. The minimum Gasteiger partial charge on any atom is -0.354 e. The van der Waals surface area contributed by atoms with Crippen molar-refractivity contribution in [3.63, 3.8) is 0 Å². The van der Waals surface area contributed by atoms with E-state index in [1.54, 1.807) is 11.0 Å². The first kappa shape index (κ1) is 20.3. The van der Waals surface area contributed by atoms with Gasteiger partial charge in [0, 0.05) is 24.6 Å². The molecule has 6 nitrogen and oxygen atoms in total. The number of aromatic nitrogens is 2. The van der Waals surface area contributed by atoms with E-state index in [4.69, 9.17) is 0 Å². The van der Waals surface area contributed by atoms with Gasteiger partial charge in [0.2, 0.25) is 5.91 Å². The molecular weight excluding hydrogens is 352 g/mol. The predicted molar refractivity (Wildman–Crippen MR) is 110 cm³/mol. The Morgan fingerprint density at radius 2 is 1.89 bits per heavy atom. The summed E-state index contributed by atoms with van der Waals surface area (Å²) in [5, 5.41) is 7.28. The molecular formula is C22H31N4O2+. The van der Waals surface area contributed by atoms with Gasteiger partial charge in [-0.3, -0.25) is 9.59 Å². The van der Waals surface area contributed by atoms with Crippen molar-refractivity contribution in [3.8, 4) is 11.3 Å². The molecule has 0 aliphatic carbocycles. The molecule has 2 aromatic rings. The largest absolute Gasteiger partial charge is 0.354 e. The number of aryl methyl sites for hydroxylation is 1. The van der Waals surface area contributed by atoms with Crippen molar-refractivity contribution >= 4 is 5.91 Å². The summed E-state index contributed by atoms with van der Waals surface area (Å²) in [5.74, 6) is 0.683. The van der Waals surface area contributed by atoms with Crippen LogP contribution in [0.1, 0.15) is 31.7 Å². The lowest BCUT2D eigenvalue weighted by Gasteiger charge is -2.27. The van der Waals surface area contributed by atoms with E-state index >= 15 is 0 Å². The summed E-state index contributed by atoms with van der Waals surface area (Å²) in [4.78, 5) is 25.9. The molecule has 1 aromatic heterocycles. The van der Waals surface area contributed by atoms with Gasteiger partial charge in [-0.2, -0.15) is 5.10 Å². The molecule has 1 saturated heterocycles. The Balaban J connectivity index is 1.49. The highest BCUT2D eigenvalue weighted by Crippen LogP contribution is 2.15. The van der Waals surface area contributed by atoms with E-state index in [-0.39, 0.29) is 18.0 Å². The van der Waals surface area contributed by atoms with Gasteiger partial charge < -0.3 is 10.2 Å². The highest BCUT2D eigenvalue weighted by Gasteiger charge is 2.18. The minimum atomic E-state index is -0.266. The van der Waals surface area contributed by atoms with Crippen molar-refractivity contribution in [1.29, 1.82) is 0 Å². The highest BCUT2D eigenvalue weighted by molar-refractivity contribution is 5.75. The molecule has 0 spiro atoms. The van der Waals surface area contributed by atoms with E-state index in [2.05, 4.69) is 17.3 Å². The second-order valence-electron chi connectivity index (χ2n) is 7.97. The first-order valence-electron chi connectivity index (χ1n) is 10.3. The van der Waals surface area contributed by atoms with Crippen LogP contribution in [0.4, 0.5) is 0 Å². The number of nitrogens with zero attached hydrogens (tertiary/aromatic N) is 2. The maximum absolute atomic E-state index is 12.2. The molecule has 3 rings (SSSR count). The molecule has 2 heterocycles. The van der Waals surface area contributed by atoms with Crippen LogP contribution in [-0.4, -0.2) is 41.9 Å². The second-order valence-corrected chi connectivity index (χ2v) is 7.97. The summed E-state index contributed by atoms with van der Waals surface area (Å²) < 4.78 is 1.24. The average Bonchev–Trinajstić information content (AvgIpc) is 2.69. The normalized spacial score (nSPS) is 19.4. The quantitative estimate of drug-likeness (QED) is 0.702. The Labute approximate surface area is 166 Å². The number of quaternary nitrogens is 1. The third-order valence-corrected chi connectivity index (χ3v) is 5.52. The van der Waals surface area contributed by atoms with Crippen molar-refractivity contribution in [2.45, 2.75) is 39.7 Å². The molecule has 1 aliphatic heterocycles. The summed E-state index contributed by atoms with van der Waals surface area (Å²) >= 11 is 0. The van der Waals surface area contributed by atoms with Crippen molar-refractivity contribution < 1.29 is 9.69 Å². The molecule has 2 N–H and O–H groups in total. The van der Waals surface area contributed by atoms with Gasteiger partial charge in [0.05, 0.1) is 25.3 Å². The maximum Gasteiger partial charge on any atom is 0.267 e. The number of carbonyl (C=O) groups is 1. The van der Waals surface area contributed by atoms with Crippen LogP contribution in [0.15, 0.2) is 41.2 Å². The monoisotopic (exact) mass is 383 g/mol. The Morgan fingerprint density at radius 1 is 1.18 bits per heavy atom. The smallest absolute Gasteiger partial charge is 0.267 e. The van der Waals surface area contributed by atoms with Crippen LogP contribution in [0, 0.1) is 12.8 Å². The van der Waals surface area contributed by atoms with Crippen molar-refractivity contribution in [2.75, 3.05) is 26.2 Å². The average molecular weight is 384 g/mol. The van der Waals surface area contributed by atoms with Crippen LogP contribution in [0.2, 0.25) is 0 Å². The Kier molecular flexibility index (Phi) is 6.98. The van der Waals surface area contributed by atoms with Crippen molar-refractivity contribution in [2.24, 2.45) is 5.92 Å². The van der Waals surface area contributed by atoms with E-state index in [0.717, 1.165) is 30.0 Å². The summed E-state index contributed by atoms with van der Waals surface area (Å²) in [7, 11) is 0. The van der Waals surface area contributed by atoms with Gasteiger partial charge in [-0.05, 0) is 31.7 Å². The Hall–Kier alpha value is -2.47. The molecule has 1 fully saturated rings. The third kappa shape index (κ3) is 5.76. The van der Waals surface area contributed by atoms with Gasteiger partial charge >= 0.3 is 0 Å². The highest BCUT2D eigenvalue weighted by atomic mass is 16.2. The van der Waals surface area contributed by atoms with Crippen LogP contribution >= 0.6 is 0 Å². The van der Waals surface area contributed by atoms with Crippen LogP contribution in [0.3, 0.4) is 0 Å². The van der Waals surface area contributed by atoms with Gasteiger partial charge in [0.15, 0.2) is 0 Å². The number of rotatable bonds is 7. The summed E-state index contributed by atoms with van der Waals surface area (Å²) in [6, 6.07) is 11.1. The van der Waals surface area contributed by atoms with Gasteiger partial charge in [-0.1, -0.05) is 36.8 Å². The lowest BCUT2D eigenvalue weighted by atomic mass is 9.99. The predicted octanol–water partition coefficient (Wildman–Crippen LogP) is 1.04. The Bertz CT molecular complexity index is 836. The molecule has 1 amide bonds. The first-order chi connectivity index (χ1) is 13.5. The van der Waals surface area contributed by atoms with Crippen LogP contribution < -0.4 is 15.8 Å². The minimum absolute atomic E-state index is 0.0490. The van der Waals surface area contributed by atoms with Crippen molar-refractivity contribution in [3.05, 3.63) is 52.3 Å². The van der Waals surface area contributed by atoms with E-state index < -0.39 is 0 Å². The van der Waals surface area contributed by atoms with E-state index in [1.807, 2.05) is 31.2 Å². The summed E-state index contributed by atoms with van der Waals surface area (Å²) in [6.07, 6.45) is 3.56. The van der Waals surface area contributed by atoms with E-state index in [9.17, 15) is 9.59 Å². The molecule has 0 unspecified atom stereocenters. The number of hydrogen-bond acceptors (Lipinski definition) is 3. The lowest BCUT2D eigenvalue weighted by Crippen LogP contribution is -3.13. The zero-order valence-electron chi connectivity index (χ0n) is 16.9. The molecule has 6 heteroatoms. The number of nitrogens with one attached hydrogen (secondary N) is 2. The van der Waals surface area contributed by atoms with Crippen molar-refractivity contribution in [1.82, 2.24) is 15.1 Å². The molecule has 1 aromatic carbocycles. The number of piperidine rings is 1. The van der Waals surface area contributed by atoms with Crippen LogP contribution in [0.5, 0.6) is 0 Å². The number of carbonyl (C=O) groups excluding carboxylic acids is 1. The van der Waals surface area contributed by atoms with E-state index in [1.165, 1.54) is 36.7 Å². The van der Waals surface area contributed by atoms with Crippen LogP contribution in [-0.2, 0) is 11.3 Å². The number of benzene rings is 1. The first-order valence-corrected chi connectivity index (χ1v) is 10.3. The number of amides is 1. The fraction of sp³-hybridized carbons (Fsp3) is 0.500. The topological polar surface area (TPSA) is 68.4 Å². The molecule has 0 saturated carbocycles. The number of hydrogen-bond donors (Lipinski definition) is 2. The molecule has 0 atom stereocenters. The fourth-order valence-electron chi connectivity index (χ4n) is 3.62. The third-order valence-electron chi connectivity index (χ3n) is 5.52. The van der Waals surface area contributed by atoms with Gasteiger partial charge in [-0.25, -0.2) is 4.68 Å². The maximum atomic E-state index is 12.2. The lowest BCUT2D eigenvalue weighted by molar-refractivity contribution is -0.906. The van der Waals surface area contributed by atoms with Gasteiger partial charge in [-0.15, -0.1) is 0 Å². The summed E-state index contributed by atoms with van der Waals surface area (Å²) in [5.41, 5.74) is 2.52. The fourth-order valence-corrected chi connectivity index (χ4v) is 3.62. The molecule has 1 aliphatic rings. The molecule has 0 radical (unpaired) electrons. The number of likely N-dealkylation sites (tertiary alicyclic amines) is 1. The second kappa shape index (κ2) is 9.64. The standard InChI is InChI=1S/C22H30N4O2/c1-17-4-6-19(7-5-17)20-8-9-22(28)26(24-20)16-21(27)23-12-3-13-25-14-10-18(2)11-15-25/h4-9,18H,3,10-16H2,1-2H3,(H,23,27)/p+1. The zero-order chi connectivity index (χ0) is 19.9. The summed E-state index contributed by atoms with van der Waals surface area (Å²) in [6.45, 7) is 8.50. The van der Waals surface area contributed by atoms with Gasteiger partial charge in [0.25, 0.3) is 5.56 Å². The Morgan fingerprint density at radius 3 is 2.61 bits per heavy atom. The molecule has 28 heavy (non-hydrogen) atoms. The SMILES string of the molecule is Cc1ccc(-c2ccc(=O)n(CC(=O)NCCC[NH+]3CCC(C)CC3)n2)cc1. The van der Waals surface area contributed by atoms with Crippen LogP contribution in [0.25, 0.3) is 11.3 Å². The zero-order valence-corrected chi connectivity index (χ0v) is 16.9.